The monoisotopic (exact) mass is 136 g/mol. The standard InChI is InChI=1S/C3H6O2.CH2O3/c1-2-3(4)5;2-1(3)4/h2H2,1H3,(H,4,5);(H2,2,3,4). The summed E-state index contributed by atoms with van der Waals surface area (Å²) in [7, 11) is 0. The highest BCUT2D eigenvalue weighted by atomic mass is 16.6. The molecule has 0 radical (unpaired) electrons. The summed E-state index contributed by atoms with van der Waals surface area (Å²) in [4.78, 5) is 17.9. The molecule has 3 N–H and O–H groups in total. The smallest absolute Gasteiger partial charge is 0.481 e. The zero-order valence-corrected chi connectivity index (χ0v) is 4.87. The summed E-state index contributed by atoms with van der Waals surface area (Å²) in [5, 5.41) is 21.7. The van der Waals surface area contributed by atoms with Gasteiger partial charge in [-0.1, -0.05) is 6.92 Å². The molecule has 0 spiro atoms. The van der Waals surface area contributed by atoms with Gasteiger partial charge in [0, 0.05) is 6.42 Å². The predicted octanol–water partition coefficient (Wildman–Crippen LogP) is 0.703. The maximum Gasteiger partial charge on any atom is 0.503 e. The van der Waals surface area contributed by atoms with Crippen molar-refractivity contribution in [2.24, 2.45) is 0 Å². The summed E-state index contributed by atoms with van der Waals surface area (Å²) < 4.78 is 0. The van der Waals surface area contributed by atoms with Gasteiger partial charge in [0.2, 0.25) is 0 Å². The molecule has 0 heterocycles. The van der Waals surface area contributed by atoms with Crippen LogP contribution in [0.1, 0.15) is 13.3 Å². The number of hydrogen-bond acceptors (Lipinski definition) is 2. The lowest BCUT2D eigenvalue weighted by Gasteiger charge is -1.71. The number of aliphatic carboxylic acids is 1. The summed E-state index contributed by atoms with van der Waals surface area (Å²) >= 11 is 0. The molecule has 0 aromatic carbocycles. The lowest BCUT2D eigenvalue weighted by Crippen LogP contribution is -1.86. The first-order valence-corrected chi connectivity index (χ1v) is 2.14. The van der Waals surface area contributed by atoms with Crippen LogP contribution in [0.5, 0.6) is 0 Å². The van der Waals surface area contributed by atoms with Gasteiger partial charge in [0.1, 0.15) is 0 Å². The van der Waals surface area contributed by atoms with Gasteiger partial charge in [-0.3, -0.25) is 4.79 Å². The molecule has 9 heavy (non-hydrogen) atoms. The van der Waals surface area contributed by atoms with E-state index in [4.69, 9.17) is 20.1 Å². The van der Waals surface area contributed by atoms with Crippen molar-refractivity contribution in [2.75, 3.05) is 0 Å². The predicted molar refractivity (Wildman–Crippen MR) is 28.6 cm³/mol. The van der Waals surface area contributed by atoms with E-state index < -0.39 is 12.1 Å². The number of carbonyl (C=O) groups is 2. The first-order valence-electron chi connectivity index (χ1n) is 2.14. The topological polar surface area (TPSA) is 94.8 Å². The molecular weight excluding hydrogens is 128 g/mol. The molecule has 5 nitrogen and oxygen atoms in total. The van der Waals surface area contributed by atoms with Gasteiger partial charge in [0.05, 0.1) is 0 Å². The summed E-state index contributed by atoms with van der Waals surface area (Å²) in [6.45, 7) is 1.60. The van der Waals surface area contributed by atoms with Crippen LogP contribution in [0, 0.1) is 0 Å². The van der Waals surface area contributed by atoms with E-state index >= 15 is 0 Å². The lowest BCUT2D eigenvalue weighted by atomic mass is 10.5. The van der Waals surface area contributed by atoms with E-state index in [0.717, 1.165) is 0 Å². The molecule has 0 saturated carbocycles. The van der Waals surface area contributed by atoms with Gasteiger partial charge < -0.3 is 15.3 Å². The molecule has 0 aliphatic heterocycles. The Labute approximate surface area is 51.5 Å². The fraction of sp³-hybridized carbons (Fsp3) is 0.500. The van der Waals surface area contributed by atoms with Crippen molar-refractivity contribution >= 4 is 12.1 Å². The fourth-order valence-corrected chi connectivity index (χ4v) is 0. The number of carboxylic acids is 1. The molecule has 0 saturated heterocycles. The van der Waals surface area contributed by atoms with Gasteiger partial charge in [-0.25, -0.2) is 4.79 Å². The second kappa shape index (κ2) is 6.74. The third-order valence-electron chi connectivity index (χ3n) is 0.302. The first kappa shape index (κ1) is 10.7. The van der Waals surface area contributed by atoms with Crippen LogP contribution >= 0.6 is 0 Å². The third-order valence-corrected chi connectivity index (χ3v) is 0.302. The Morgan fingerprint density at radius 2 is 1.33 bits per heavy atom. The summed E-state index contributed by atoms with van der Waals surface area (Å²) in [6.07, 6.45) is -1.61. The van der Waals surface area contributed by atoms with E-state index in [1.165, 1.54) is 0 Å². The minimum atomic E-state index is -1.83. The molecule has 0 aromatic rings. The fourth-order valence-electron chi connectivity index (χ4n) is 0. The van der Waals surface area contributed by atoms with Gasteiger partial charge in [-0.05, 0) is 0 Å². The van der Waals surface area contributed by atoms with Crippen molar-refractivity contribution in [3.8, 4) is 0 Å². The van der Waals surface area contributed by atoms with Crippen LogP contribution < -0.4 is 0 Å². The SMILES string of the molecule is CCC(=O)O.O=C(O)O. The first-order chi connectivity index (χ1) is 4.00. The van der Waals surface area contributed by atoms with Gasteiger partial charge in [-0.2, -0.15) is 0 Å². The Morgan fingerprint density at radius 3 is 1.33 bits per heavy atom. The Hall–Kier alpha value is -1.26. The van der Waals surface area contributed by atoms with Crippen LogP contribution in [0.4, 0.5) is 4.79 Å². The molecule has 5 heteroatoms. The maximum atomic E-state index is 9.37. The minimum Gasteiger partial charge on any atom is -0.481 e. The van der Waals surface area contributed by atoms with E-state index in [9.17, 15) is 4.79 Å². The second-order valence-corrected chi connectivity index (χ2v) is 1.03. The zero-order valence-electron chi connectivity index (χ0n) is 4.87. The molecule has 0 unspecified atom stereocenters. The molecule has 54 valence electrons. The highest BCUT2D eigenvalue weighted by Crippen LogP contribution is 1.67. The summed E-state index contributed by atoms with van der Waals surface area (Å²) in [5.41, 5.74) is 0. The van der Waals surface area contributed by atoms with Crippen LogP contribution in [0.15, 0.2) is 0 Å². The molecule has 0 amide bonds. The van der Waals surface area contributed by atoms with Crippen LogP contribution in [0.3, 0.4) is 0 Å². The quantitative estimate of drug-likeness (QED) is 0.493. The Bertz CT molecular complexity index is 93.1. The number of rotatable bonds is 1. The van der Waals surface area contributed by atoms with E-state index in [2.05, 4.69) is 0 Å². The average Bonchev–Trinajstić information content (AvgIpc) is 1.65. The van der Waals surface area contributed by atoms with E-state index in [-0.39, 0.29) is 6.42 Å². The molecule has 0 atom stereocenters. The molecule has 0 fully saturated rings. The Morgan fingerprint density at radius 1 is 1.22 bits per heavy atom. The van der Waals surface area contributed by atoms with Crippen molar-refractivity contribution < 1.29 is 24.9 Å². The van der Waals surface area contributed by atoms with Gasteiger partial charge in [0.25, 0.3) is 0 Å². The van der Waals surface area contributed by atoms with E-state index in [0.29, 0.717) is 0 Å². The maximum absolute atomic E-state index is 9.37. The third kappa shape index (κ3) is 277. The molecule has 0 aromatic heterocycles. The molecule has 0 aliphatic carbocycles. The lowest BCUT2D eigenvalue weighted by molar-refractivity contribution is -0.136. The highest BCUT2D eigenvalue weighted by Gasteiger charge is 1.80. The van der Waals surface area contributed by atoms with Gasteiger partial charge in [-0.15, -0.1) is 0 Å². The van der Waals surface area contributed by atoms with Crippen LogP contribution in [0.25, 0.3) is 0 Å². The van der Waals surface area contributed by atoms with Crippen molar-refractivity contribution in [1.29, 1.82) is 0 Å². The van der Waals surface area contributed by atoms with Crippen molar-refractivity contribution in [3.63, 3.8) is 0 Å². The van der Waals surface area contributed by atoms with E-state index in [1.807, 2.05) is 0 Å². The summed E-state index contributed by atoms with van der Waals surface area (Å²) in [6, 6.07) is 0. The van der Waals surface area contributed by atoms with Crippen LogP contribution in [-0.4, -0.2) is 27.4 Å². The van der Waals surface area contributed by atoms with Crippen LogP contribution in [0.2, 0.25) is 0 Å². The molecule has 0 rings (SSSR count). The van der Waals surface area contributed by atoms with E-state index in [1.54, 1.807) is 6.92 Å². The minimum absolute atomic E-state index is 0.222. The molecule has 0 bridgehead atoms. The van der Waals surface area contributed by atoms with Crippen molar-refractivity contribution in [1.82, 2.24) is 0 Å². The summed E-state index contributed by atoms with van der Waals surface area (Å²) in [5.74, 6) is -0.745. The highest BCUT2D eigenvalue weighted by molar-refractivity contribution is 5.66. The number of carboxylic acid groups (broad SMARTS) is 3. The average molecular weight is 136 g/mol. The van der Waals surface area contributed by atoms with Crippen LogP contribution in [-0.2, 0) is 4.79 Å². The van der Waals surface area contributed by atoms with Crippen molar-refractivity contribution in [2.45, 2.75) is 13.3 Å². The van der Waals surface area contributed by atoms with Gasteiger partial charge >= 0.3 is 12.1 Å². The van der Waals surface area contributed by atoms with Crippen molar-refractivity contribution in [3.05, 3.63) is 0 Å². The zero-order chi connectivity index (χ0) is 7.86. The molecule has 0 aliphatic rings. The van der Waals surface area contributed by atoms with Gasteiger partial charge in [0.15, 0.2) is 0 Å². The Balaban J connectivity index is 0. The number of hydrogen-bond donors (Lipinski definition) is 3. The Kier molecular flexibility index (Phi) is 7.99. The normalized spacial score (nSPS) is 6.78. The largest absolute Gasteiger partial charge is 0.503 e. The second-order valence-electron chi connectivity index (χ2n) is 1.03. The molecular formula is C4H8O5.